The van der Waals surface area contributed by atoms with E-state index in [0.717, 1.165) is 12.1 Å². The van der Waals surface area contributed by atoms with Crippen LogP contribution >= 0.6 is 27.5 Å². The van der Waals surface area contributed by atoms with Crippen LogP contribution < -0.4 is 4.72 Å². The molecular weight excluding hydrogens is 359 g/mol. The van der Waals surface area contributed by atoms with Crippen molar-refractivity contribution < 1.29 is 12.8 Å². The van der Waals surface area contributed by atoms with Crippen LogP contribution in [0.5, 0.6) is 0 Å². The van der Waals surface area contributed by atoms with Crippen molar-refractivity contribution >= 4 is 43.2 Å². The normalized spacial score (nSPS) is 11.3. The summed E-state index contributed by atoms with van der Waals surface area (Å²) < 4.78 is 39.5. The number of rotatable bonds is 3. The number of benzene rings is 1. The minimum absolute atomic E-state index is 0.0417. The van der Waals surface area contributed by atoms with Crippen LogP contribution in [0.25, 0.3) is 0 Å². The number of pyridine rings is 1. The van der Waals surface area contributed by atoms with Gasteiger partial charge in [-0.15, -0.1) is 0 Å². The molecule has 0 fully saturated rings. The standard InChI is InChI=1S/C11H7BrClFN2O2S/c12-10-5-8(6-15-11(10)13)16-19(17,18)9-3-1-7(14)2-4-9/h1-6,16H. The highest BCUT2D eigenvalue weighted by molar-refractivity contribution is 9.10. The molecule has 0 amide bonds. The van der Waals surface area contributed by atoms with Gasteiger partial charge in [-0.25, -0.2) is 17.8 Å². The summed E-state index contributed by atoms with van der Waals surface area (Å²) in [5.74, 6) is -0.505. The highest BCUT2D eigenvalue weighted by Crippen LogP contribution is 2.24. The molecule has 100 valence electrons. The SMILES string of the molecule is O=S(=O)(Nc1cnc(Cl)c(Br)c1)c1ccc(F)cc1. The van der Waals surface area contributed by atoms with Gasteiger partial charge < -0.3 is 0 Å². The summed E-state index contributed by atoms with van der Waals surface area (Å²) in [5.41, 5.74) is 0.251. The molecule has 1 aromatic heterocycles. The summed E-state index contributed by atoms with van der Waals surface area (Å²) >= 11 is 8.85. The molecule has 19 heavy (non-hydrogen) atoms. The molecule has 2 aromatic rings. The minimum atomic E-state index is -3.78. The fraction of sp³-hybridized carbons (Fsp3) is 0. The van der Waals surface area contributed by atoms with Crippen LogP contribution in [-0.2, 0) is 10.0 Å². The average Bonchev–Trinajstić information content (AvgIpc) is 2.34. The van der Waals surface area contributed by atoms with E-state index in [1.54, 1.807) is 0 Å². The lowest BCUT2D eigenvalue weighted by molar-refractivity contribution is 0.599. The molecule has 0 aliphatic heterocycles. The number of hydrogen-bond acceptors (Lipinski definition) is 3. The Kier molecular flexibility index (Phi) is 4.07. The van der Waals surface area contributed by atoms with E-state index in [2.05, 4.69) is 25.6 Å². The maximum atomic E-state index is 12.8. The van der Waals surface area contributed by atoms with E-state index >= 15 is 0 Å². The summed E-state index contributed by atoms with van der Waals surface area (Å²) in [5, 5.41) is 0.227. The van der Waals surface area contributed by atoms with Gasteiger partial charge in [-0.3, -0.25) is 4.72 Å². The Morgan fingerprint density at radius 3 is 2.47 bits per heavy atom. The zero-order valence-electron chi connectivity index (χ0n) is 9.27. The van der Waals surface area contributed by atoms with Crippen molar-refractivity contribution in [1.29, 1.82) is 0 Å². The third kappa shape index (κ3) is 3.43. The monoisotopic (exact) mass is 364 g/mol. The summed E-state index contributed by atoms with van der Waals surface area (Å²) in [7, 11) is -3.78. The van der Waals surface area contributed by atoms with Gasteiger partial charge in [0.2, 0.25) is 0 Å². The summed E-state index contributed by atoms with van der Waals surface area (Å²) in [6.07, 6.45) is 1.29. The van der Waals surface area contributed by atoms with E-state index in [1.807, 2.05) is 0 Å². The molecule has 1 N–H and O–H groups in total. The van der Waals surface area contributed by atoms with Crippen LogP contribution in [0.2, 0.25) is 5.15 Å². The number of nitrogens with one attached hydrogen (secondary N) is 1. The highest BCUT2D eigenvalue weighted by Gasteiger charge is 2.14. The topological polar surface area (TPSA) is 59.1 Å². The first-order valence-electron chi connectivity index (χ1n) is 4.98. The van der Waals surface area contributed by atoms with Gasteiger partial charge in [0, 0.05) is 0 Å². The fourth-order valence-corrected chi connectivity index (χ4v) is 2.79. The van der Waals surface area contributed by atoms with Crippen LogP contribution in [0.1, 0.15) is 0 Å². The maximum Gasteiger partial charge on any atom is 0.261 e. The first kappa shape index (κ1) is 14.2. The zero-order chi connectivity index (χ0) is 14.0. The van der Waals surface area contributed by atoms with Gasteiger partial charge in [0.05, 0.1) is 21.3 Å². The van der Waals surface area contributed by atoms with Crippen molar-refractivity contribution in [2.75, 3.05) is 4.72 Å². The maximum absolute atomic E-state index is 12.8. The van der Waals surface area contributed by atoms with Gasteiger partial charge in [-0.05, 0) is 46.3 Å². The van der Waals surface area contributed by atoms with Gasteiger partial charge in [0.15, 0.2) is 0 Å². The van der Waals surface area contributed by atoms with Crippen molar-refractivity contribution in [3.05, 3.63) is 52.0 Å². The average molecular weight is 366 g/mol. The van der Waals surface area contributed by atoms with E-state index in [-0.39, 0.29) is 15.7 Å². The molecule has 0 saturated heterocycles. The van der Waals surface area contributed by atoms with E-state index in [4.69, 9.17) is 11.6 Å². The number of hydrogen-bond donors (Lipinski definition) is 1. The molecular formula is C11H7BrClFN2O2S. The third-order valence-corrected chi connectivity index (χ3v) is 4.70. The fourth-order valence-electron chi connectivity index (χ4n) is 1.30. The van der Waals surface area contributed by atoms with Gasteiger partial charge in [-0.1, -0.05) is 11.6 Å². The van der Waals surface area contributed by atoms with Gasteiger partial charge in [0.1, 0.15) is 11.0 Å². The highest BCUT2D eigenvalue weighted by atomic mass is 79.9. The number of sulfonamides is 1. The molecule has 0 spiro atoms. The second kappa shape index (κ2) is 5.44. The van der Waals surface area contributed by atoms with Crippen molar-refractivity contribution in [3.8, 4) is 0 Å². The van der Waals surface area contributed by atoms with Crippen molar-refractivity contribution in [2.45, 2.75) is 4.90 Å². The van der Waals surface area contributed by atoms with Crippen LogP contribution in [0, 0.1) is 5.82 Å². The molecule has 2 rings (SSSR count). The number of nitrogens with zero attached hydrogens (tertiary/aromatic N) is 1. The smallest absolute Gasteiger partial charge is 0.261 e. The van der Waals surface area contributed by atoms with E-state index < -0.39 is 15.8 Å². The Hall–Kier alpha value is -1.18. The molecule has 1 aromatic carbocycles. The molecule has 0 bridgehead atoms. The zero-order valence-corrected chi connectivity index (χ0v) is 12.4. The summed E-state index contributed by atoms with van der Waals surface area (Å²) in [6.45, 7) is 0. The molecule has 0 unspecified atom stereocenters. The largest absolute Gasteiger partial charge is 0.278 e. The Bertz CT molecular complexity index is 707. The lowest BCUT2D eigenvalue weighted by Crippen LogP contribution is -2.13. The minimum Gasteiger partial charge on any atom is -0.278 e. The van der Waals surface area contributed by atoms with E-state index in [9.17, 15) is 12.8 Å². The molecule has 0 radical (unpaired) electrons. The predicted octanol–water partition coefficient (Wildman–Crippen LogP) is 3.44. The number of anilines is 1. The molecule has 8 heteroatoms. The van der Waals surface area contributed by atoms with Crippen molar-refractivity contribution in [3.63, 3.8) is 0 Å². The summed E-state index contributed by atoms with van der Waals surface area (Å²) in [4.78, 5) is 3.76. The van der Waals surface area contributed by atoms with Gasteiger partial charge in [-0.2, -0.15) is 0 Å². The number of aromatic nitrogens is 1. The van der Waals surface area contributed by atoms with Crippen LogP contribution in [0.3, 0.4) is 0 Å². The van der Waals surface area contributed by atoms with Crippen LogP contribution in [0.4, 0.5) is 10.1 Å². The summed E-state index contributed by atoms with van der Waals surface area (Å²) in [6, 6.07) is 5.98. The van der Waals surface area contributed by atoms with Crippen molar-refractivity contribution in [2.24, 2.45) is 0 Å². The van der Waals surface area contributed by atoms with Crippen molar-refractivity contribution in [1.82, 2.24) is 4.98 Å². The van der Waals surface area contributed by atoms with Crippen LogP contribution in [-0.4, -0.2) is 13.4 Å². The third-order valence-electron chi connectivity index (χ3n) is 2.17. The Balaban J connectivity index is 2.30. The number of halogens is 3. The van der Waals surface area contributed by atoms with Crippen LogP contribution in [0.15, 0.2) is 45.9 Å². The van der Waals surface area contributed by atoms with Gasteiger partial charge in [0.25, 0.3) is 10.0 Å². The first-order valence-corrected chi connectivity index (χ1v) is 7.63. The Labute approximate surface area is 122 Å². The Morgan fingerprint density at radius 1 is 1.26 bits per heavy atom. The first-order chi connectivity index (χ1) is 8.88. The lowest BCUT2D eigenvalue weighted by atomic mass is 10.4. The quantitative estimate of drug-likeness (QED) is 0.848. The molecule has 1 heterocycles. The predicted molar refractivity (Wildman–Crippen MR) is 74.2 cm³/mol. The molecule has 0 aliphatic rings. The lowest BCUT2D eigenvalue weighted by Gasteiger charge is -2.08. The second-order valence-electron chi connectivity index (χ2n) is 3.56. The Morgan fingerprint density at radius 2 is 1.89 bits per heavy atom. The van der Waals surface area contributed by atoms with Gasteiger partial charge >= 0.3 is 0 Å². The molecule has 0 saturated carbocycles. The van der Waals surface area contributed by atoms with E-state index in [0.29, 0.717) is 4.47 Å². The van der Waals surface area contributed by atoms with E-state index in [1.165, 1.54) is 24.4 Å². The molecule has 0 atom stereocenters. The second-order valence-corrected chi connectivity index (χ2v) is 6.45. The molecule has 4 nitrogen and oxygen atoms in total. The molecule has 0 aliphatic carbocycles.